The predicted molar refractivity (Wildman–Crippen MR) is 60.7 cm³/mol. The van der Waals surface area contributed by atoms with Crippen molar-refractivity contribution in [2.24, 2.45) is 0 Å². The van der Waals surface area contributed by atoms with Gasteiger partial charge in [-0.05, 0) is 30.7 Å². The lowest BCUT2D eigenvalue weighted by molar-refractivity contribution is 0.626. The van der Waals surface area contributed by atoms with Crippen molar-refractivity contribution < 1.29 is 4.39 Å². The molecule has 1 aliphatic rings. The van der Waals surface area contributed by atoms with Gasteiger partial charge in [-0.15, -0.1) is 0 Å². The van der Waals surface area contributed by atoms with E-state index in [1.54, 1.807) is 12.1 Å². The minimum Gasteiger partial charge on any atom is -0.370 e. The van der Waals surface area contributed by atoms with Gasteiger partial charge in [-0.3, -0.25) is 0 Å². The summed E-state index contributed by atoms with van der Waals surface area (Å²) in [5.74, 6) is 1.74. The lowest BCUT2D eigenvalue weighted by Crippen LogP contribution is -2.17. The zero-order valence-corrected chi connectivity index (χ0v) is 8.78. The molecule has 82 valence electrons. The first-order chi connectivity index (χ1) is 7.84. The molecule has 0 unspecified atom stereocenters. The molecule has 1 aromatic carbocycles. The molecule has 0 atom stereocenters. The van der Waals surface area contributed by atoms with E-state index < -0.39 is 0 Å². The first kappa shape index (κ1) is 9.39. The summed E-state index contributed by atoms with van der Waals surface area (Å²) in [6, 6.07) is 6.46. The van der Waals surface area contributed by atoms with E-state index in [4.69, 9.17) is 0 Å². The molecule has 1 N–H and O–H groups in total. The molecule has 1 aliphatic heterocycles. The van der Waals surface area contributed by atoms with Gasteiger partial charge in [0.25, 0.3) is 0 Å². The van der Waals surface area contributed by atoms with Crippen molar-refractivity contribution in [2.75, 3.05) is 11.9 Å². The van der Waals surface area contributed by atoms with E-state index in [9.17, 15) is 4.39 Å². The third-order valence-electron chi connectivity index (χ3n) is 2.82. The standard InChI is InChI=1S/C12H12FN3/c13-10-4-2-9(3-5-10)12-15-8-11-14-6-1-7-16(11)12/h2-5,8,14H,1,6-7H2. The highest BCUT2D eigenvalue weighted by Crippen LogP contribution is 2.24. The Kier molecular flexibility index (Phi) is 2.13. The van der Waals surface area contributed by atoms with Crippen LogP contribution in [0.5, 0.6) is 0 Å². The third-order valence-corrected chi connectivity index (χ3v) is 2.82. The average molecular weight is 217 g/mol. The zero-order valence-electron chi connectivity index (χ0n) is 8.78. The molecule has 0 saturated carbocycles. The normalized spacial score (nSPS) is 14.3. The minimum absolute atomic E-state index is 0.215. The van der Waals surface area contributed by atoms with Crippen molar-refractivity contribution in [2.45, 2.75) is 13.0 Å². The van der Waals surface area contributed by atoms with Crippen LogP contribution in [0.2, 0.25) is 0 Å². The summed E-state index contributed by atoms with van der Waals surface area (Å²) in [7, 11) is 0. The highest BCUT2D eigenvalue weighted by atomic mass is 19.1. The third kappa shape index (κ3) is 1.46. The number of nitrogens with one attached hydrogen (secondary N) is 1. The van der Waals surface area contributed by atoms with E-state index in [-0.39, 0.29) is 5.82 Å². The number of benzene rings is 1. The Balaban J connectivity index is 2.06. The van der Waals surface area contributed by atoms with E-state index in [0.29, 0.717) is 0 Å². The van der Waals surface area contributed by atoms with Crippen molar-refractivity contribution in [1.29, 1.82) is 0 Å². The summed E-state index contributed by atoms with van der Waals surface area (Å²) in [6.07, 6.45) is 2.93. The molecule has 0 amide bonds. The van der Waals surface area contributed by atoms with Crippen molar-refractivity contribution in [3.05, 3.63) is 36.3 Å². The Hall–Kier alpha value is -1.84. The summed E-state index contributed by atoms with van der Waals surface area (Å²) in [6.45, 7) is 1.96. The molecule has 0 saturated heterocycles. The van der Waals surface area contributed by atoms with Gasteiger partial charge in [-0.2, -0.15) is 0 Å². The smallest absolute Gasteiger partial charge is 0.141 e. The second kappa shape index (κ2) is 3.63. The maximum absolute atomic E-state index is 12.8. The van der Waals surface area contributed by atoms with Crippen LogP contribution in [0.4, 0.5) is 10.2 Å². The van der Waals surface area contributed by atoms with Crippen molar-refractivity contribution in [1.82, 2.24) is 9.55 Å². The molecule has 0 radical (unpaired) electrons. The number of hydrogen-bond acceptors (Lipinski definition) is 2. The number of nitrogens with zero attached hydrogens (tertiary/aromatic N) is 2. The summed E-state index contributed by atoms with van der Waals surface area (Å²) in [5, 5.41) is 3.29. The lowest BCUT2D eigenvalue weighted by atomic mass is 10.2. The molecule has 4 heteroatoms. The van der Waals surface area contributed by atoms with E-state index in [2.05, 4.69) is 14.9 Å². The molecule has 3 rings (SSSR count). The Bertz CT molecular complexity index is 501. The van der Waals surface area contributed by atoms with Gasteiger partial charge in [0.2, 0.25) is 0 Å². The van der Waals surface area contributed by atoms with Crippen LogP contribution in [0.25, 0.3) is 11.4 Å². The Morgan fingerprint density at radius 1 is 1.25 bits per heavy atom. The molecule has 0 bridgehead atoms. The SMILES string of the molecule is Fc1ccc(-c2ncc3n2CCCN3)cc1. The maximum Gasteiger partial charge on any atom is 0.141 e. The zero-order chi connectivity index (χ0) is 11.0. The van der Waals surface area contributed by atoms with E-state index in [1.807, 2.05) is 6.20 Å². The first-order valence-corrected chi connectivity index (χ1v) is 5.40. The molecule has 0 aliphatic carbocycles. The van der Waals surface area contributed by atoms with Gasteiger partial charge in [0.15, 0.2) is 0 Å². The van der Waals surface area contributed by atoms with Crippen LogP contribution < -0.4 is 5.32 Å². The van der Waals surface area contributed by atoms with Gasteiger partial charge >= 0.3 is 0 Å². The molecular weight excluding hydrogens is 205 g/mol. The largest absolute Gasteiger partial charge is 0.370 e. The van der Waals surface area contributed by atoms with Gasteiger partial charge in [0, 0.05) is 18.7 Å². The van der Waals surface area contributed by atoms with Crippen LogP contribution in [-0.4, -0.2) is 16.1 Å². The van der Waals surface area contributed by atoms with Crippen LogP contribution in [0.3, 0.4) is 0 Å². The van der Waals surface area contributed by atoms with Gasteiger partial charge in [-0.25, -0.2) is 9.37 Å². The lowest BCUT2D eigenvalue weighted by Gasteiger charge is -2.18. The molecule has 3 nitrogen and oxygen atoms in total. The molecule has 2 aromatic rings. The number of halogens is 1. The molecule has 2 heterocycles. The molecule has 16 heavy (non-hydrogen) atoms. The summed E-state index contributed by atoms with van der Waals surface area (Å²) < 4.78 is 15.0. The Morgan fingerprint density at radius 3 is 2.88 bits per heavy atom. The maximum atomic E-state index is 12.8. The summed E-state index contributed by atoms with van der Waals surface area (Å²) in [5.41, 5.74) is 0.955. The van der Waals surface area contributed by atoms with Gasteiger partial charge in [0.1, 0.15) is 17.5 Å². The topological polar surface area (TPSA) is 29.9 Å². The summed E-state index contributed by atoms with van der Waals surface area (Å²) >= 11 is 0. The van der Waals surface area contributed by atoms with E-state index >= 15 is 0 Å². The second-order valence-corrected chi connectivity index (χ2v) is 3.91. The molecule has 0 spiro atoms. The van der Waals surface area contributed by atoms with Gasteiger partial charge in [-0.1, -0.05) is 0 Å². The highest BCUT2D eigenvalue weighted by molar-refractivity contribution is 5.59. The number of fused-ring (bicyclic) bond motifs is 1. The fourth-order valence-corrected chi connectivity index (χ4v) is 2.03. The number of anilines is 1. The van der Waals surface area contributed by atoms with Gasteiger partial charge < -0.3 is 9.88 Å². The predicted octanol–water partition coefficient (Wildman–Crippen LogP) is 2.50. The van der Waals surface area contributed by atoms with E-state index in [0.717, 1.165) is 36.7 Å². The number of imidazole rings is 1. The van der Waals surface area contributed by atoms with Crippen LogP contribution in [0, 0.1) is 5.82 Å². The minimum atomic E-state index is -0.215. The average Bonchev–Trinajstić information content (AvgIpc) is 2.74. The number of hydrogen-bond donors (Lipinski definition) is 1. The van der Waals surface area contributed by atoms with Crippen LogP contribution >= 0.6 is 0 Å². The van der Waals surface area contributed by atoms with Crippen molar-refractivity contribution >= 4 is 5.82 Å². The number of aromatic nitrogens is 2. The van der Waals surface area contributed by atoms with Gasteiger partial charge in [0.05, 0.1) is 6.20 Å². The quantitative estimate of drug-likeness (QED) is 0.795. The fourth-order valence-electron chi connectivity index (χ4n) is 2.03. The van der Waals surface area contributed by atoms with Crippen LogP contribution in [-0.2, 0) is 6.54 Å². The fraction of sp³-hybridized carbons (Fsp3) is 0.250. The van der Waals surface area contributed by atoms with Crippen molar-refractivity contribution in [3.63, 3.8) is 0 Å². The Labute approximate surface area is 92.9 Å². The van der Waals surface area contributed by atoms with Crippen molar-refractivity contribution in [3.8, 4) is 11.4 Å². The highest BCUT2D eigenvalue weighted by Gasteiger charge is 2.14. The first-order valence-electron chi connectivity index (χ1n) is 5.40. The van der Waals surface area contributed by atoms with Crippen LogP contribution in [0.1, 0.15) is 6.42 Å². The van der Waals surface area contributed by atoms with Crippen LogP contribution in [0.15, 0.2) is 30.5 Å². The second-order valence-electron chi connectivity index (χ2n) is 3.91. The molecular formula is C12H12FN3. The van der Waals surface area contributed by atoms with E-state index in [1.165, 1.54) is 12.1 Å². The summed E-state index contributed by atoms with van der Waals surface area (Å²) in [4.78, 5) is 4.38. The molecule has 1 aromatic heterocycles. The molecule has 0 fully saturated rings. The number of rotatable bonds is 1. The Morgan fingerprint density at radius 2 is 2.06 bits per heavy atom. The monoisotopic (exact) mass is 217 g/mol.